The molecular weight excluding hydrogens is 222 g/mol. The molecule has 102 valence electrons. The second kappa shape index (κ2) is 7.55. The molecule has 2 atom stereocenters. The maximum atomic E-state index is 5.89. The van der Waals surface area contributed by atoms with E-state index in [1.165, 1.54) is 16.7 Å². The Morgan fingerprint density at radius 1 is 1.22 bits per heavy atom. The summed E-state index contributed by atoms with van der Waals surface area (Å²) in [5.41, 5.74) is 4.00. The first-order chi connectivity index (χ1) is 8.58. The lowest BCUT2D eigenvalue weighted by atomic mass is 9.99. The van der Waals surface area contributed by atoms with Crippen molar-refractivity contribution in [2.24, 2.45) is 0 Å². The number of likely N-dealkylation sites (N-methyl/N-ethyl adjacent to an activating group) is 1. The van der Waals surface area contributed by atoms with Crippen LogP contribution in [0.2, 0.25) is 0 Å². The topological polar surface area (TPSA) is 21.3 Å². The molecule has 0 aliphatic rings. The van der Waals surface area contributed by atoms with Crippen molar-refractivity contribution in [1.29, 1.82) is 0 Å². The number of aryl methyl sites for hydroxylation is 2. The third kappa shape index (κ3) is 4.43. The molecule has 2 heteroatoms. The highest BCUT2D eigenvalue weighted by atomic mass is 16.5. The van der Waals surface area contributed by atoms with Crippen molar-refractivity contribution >= 4 is 0 Å². The van der Waals surface area contributed by atoms with Gasteiger partial charge in [0.05, 0.1) is 18.8 Å². The fourth-order valence-electron chi connectivity index (χ4n) is 2.02. The van der Waals surface area contributed by atoms with E-state index in [4.69, 9.17) is 4.74 Å². The van der Waals surface area contributed by atoms with Gasteiger partial charge in [0.1, 0.15) is 0 Å². The lowest BCUT2D eigenvalue weighted by Crippen LogP contribution is -2.27. The van der Waals surface area contributed by atoms with Gasteiger partial charge in [-0.2, -0.15) is 0 Å². The number of rotatable bonds is 7. The summed E-state index contributed by atoms with van der Waals surface area (Å²) in [5.74, 6) is 0. The summed E-state index contributed by atoms with van der Waals surface area (Å²) in [5, 5.41) is 3.52. The zero-order chi connectivity index (χ0) is 13.5. The SMILES string of the molecule is CCNC(COC(C)CC)c1cc(C)ccc1C. The van der Waals surface area contributed by atoms with E-state index in [9.17, 15) is 0 Å². The van der Waals surface area contributed by atoms with Gasteiger partial charge in [-0.25, -0.2) is 0 Å². The molecule has 0 bridgehead atoms. The molecule has 2 nitrogen and oxygen atoms in total. The first-order valence-electron chi connectivity index (χ1n) is 7.00. The van der Waals surface area contributed by atoms with E-state index >= 15 is 0 Å². The van der Waals surface area contributed by atoms with Crippen LogP contribution in [0.5, 0.6) is 0 Å². The van der Waals surface area contributed by atoms with Crippen molar-refractivity contribution in [3.8, 4) is 0 Å². The number of hydrogen-bond donors (Lipinski definition) is 1. The van der Waals surface area contributed by atoms with Gasteiger partial charge in [-0.1, -0.05) is 37.6 Å². The Morgan fingerprint density at radius 3 is 2.56 bits per heavy atom. The Hall–Kier alpha value is -0.860. The normalized spacial score (nSPS) is 14.5. The van der Waals surface area contributed by atoms with Crippen molar-refractivity contribution in [2.75, 3.05) is 13.2 Å². The minimum atomic E-state index is 0.295. The molecule has 0 aromatic heterocycles. The largest absolute Gasteiger partial charge is 0.377 e. The molecule has 0 amide bonds. The van der Waals surface area contributed by atoms with Crippen LogP contribution in [0.3, 0.4) is 0 Å². The molecule has 0 saturated carbocycles. The maximum Gasteiger partial charge on any atom is 0.0665 e. The molecule has 18 heavy (non-hydrogen) atoms. The van der Waals surface area contributed by atoms with Crippen molar-refractivity contribution < 1.29 is 4.74 Å². The van der Waals surface area contributed by atoms with E-state index < -0.39 is 0 Å². The van der Waals surface area contributed by atoms with E-state index in [0.29, 0.717) is 12.1 Å². The quantitative estimate of drug-likeness (QED) is 0.794. The van der Waals surface area contributed by atoms with Crippen LogP contribution in [0.25, 0.3) is 0 Å². The average molecular weight is 249 g/mol. The van der Waals surface area contributed by atoms with Crippen molar-refractivity contribution in [2.45, 2.75) is 53.2 Å². The number of nitrogens with one attached hydrogen (secondary N) is 1. The van der Waals surface area contributed by atoms with Gasteiger partial charge in [-0.05, 0) is 44.9 Å². The van der Waals surface area contributed by atoms with Crippen LogP contribution < -0.4 is 5.32 Å². The Labute approximate surface area is 112 Å². The zero-order valence-electron chi connectivity index (χ0n) is 12.4. The minimum absolute atomic E-state index is 0.295. The van der Waals surface area contributed by atoms with Crippen LogP contribution in [0.15, 0.2) is 18.2 Å². The predicted octanol–water partition coefficient (Wildman–Crippen LogP) is 3.77. The van der Waals surface area contributed by atoms with Crippen LogP contribution in [-0.2, 0) is 4.74 Å². The van der Waals surface area contributed by atoms with Gasteiger partial charge >= 0.3 is 0 Å². The zero-order valence-corrected chi connectivity index (χ0v) is 12.4. The Balaban J connectivity index is 2.79. The van der Waals surface area contributed by atoms with Crippen LogP contribution in [-0.4, -0.2) is 19.3 Å². The van der Waals surface area contributed by atoms with Gasteiger partial charge in [0.2, 0.25) is 0 Å². The number of hydrogen-bond acceptors (Lipinski definition) is 2. The molecule has 0 heterocycles. The fraction of sp³-hybridized carbons (Fsp3) is 0.625. The smallest absolute Gasteiger partial charge is 0.0665 e. The number of benzene rings is 1. The first kappa shape index (κ1) is 15.2. The van der Waals surface area contributed by atoms with E-state index in [-0.39, 0.29) is 0 Å². The molecule has 1 aromatic rings. The molecule has 0 aliphatic carbocycles. The third-order valence-corrected chi connectivity index (χ3v) is 3.38. The molecule has 0 saturated heterocycles. The molecule has 0 aliphatic heterocycles. The van der Waals surface area contributed by atoms with E-state index in [2.05, 4.69) is 58.1 Å². The average Bonchev–Trinajstić information content (AvgIpc) is 2.37. The van der Waals surface area contributed by atoms with Gasteiger partial charge in [0.15, 0.2) is 0 Å². The Kier molecular flexibility index (Phi) is 6.37. The molecule has 2 unspecified atom stereocenters. The lowest BCUT2D eigenvalue weighted by molar-refractivity contribution is 0.0475. The maximum absolute atomic E-state index is 5.89. The predicted molar refractivity (Wildman–Crippen MR) is 78.0 cm³/mol. The van der Waals surface area contributed by atoms with E-state index in [1.807, 2.05) is 0 Å². The van der Waals surface area contributed by atoms with Gasteiger partial charge in [-0.3, -0.25) is 0 Å². The molecular formula is C16H27NO. The summed E-state index contributed by atoms with van der Waals surface area (Å²) < 4.78 is 5.89. The van der Waals surface area contributed by atoms with Gasteiger partial charge in [0, 0.05) is 0 Å². The van der Waals surface area contributed by atoms with Gasteiger partial charge < -0.3 is 10.1 Å². The lowest BCUT2D eigenvalue weighted by Gasteiger charge is -2.22. The summed E-state index contributed by atoms with van der Waals surface area (Å²) >= 11 is 0. The van der Waals surface area contributed by atoms with Gasteiger partial charge in [0.25, 0.3) is 0 Å². The van der Waals surface area contributed by atoms with E-state index in [0.717, 1.165) is 19.6 Å². The van der Waals surface area contributed by atoms with Crippen LogP contribution >= 0.6 is 0 Å². The van der Waals surface area contributed by atoms with Crippen molar-refractivity contribution in [3.63, 3.8) is 0 Å². The Bertz CT molecular complexity index is 362. The molecule has 1 N–H and O–H groups in total. The summed E-state index contributed by atoms with van der Waals surface area (Å²) in [6.45, 7) is 12.4. The summed E-state index contributed by atoms with van der Waals surface area (Å²) in [6, 6.07) is 6.92. The second-order valence-corrected chi connectivity index (χ2v) is 5.02. The second-order valence-electron chi connectivity index (χ2n) is 5.02. The van der Waals surface area contributed by atoms with Crippen LogP contribution in [0, 0.1) is 13.8 Å². The van der Waals surface area contributed by atoms with Crippen molar-refractivity contribution in [3.05, 3.63) is 34.9 Å². The molecule has 0 radical (unpaired) electrons. The molecule has 1 aromatic carbocycles. The minimum Gasteiger partial charge on any atom is -0.377 e. The molecule has 1 rings (SSSR count). The summed E-state index contributed by atoms with van der Waals surface area (Å²) in [4.78, 5) is 0. The Morgan fingerprint density at radius 2 is 1.94 bits per heavy atom. The first-order valence-corrected chi connectivity index (χ1v) is 7.00. The van der Waals surface area contributed by atoms with Gasteiger partial charge in [-0.15, -0.1) is 0 Å². The van der Waals surface area contributed by atoms with Crippen LogP contribution in [0.4, 0.5) is 0 Å². The highest BCUT2D eigenvalue weighted by Crippen LogP contribution is 2.20. The summed E-state index contributed by atoms with van der Waals surface area (Å²) in [6.07, 6.45) is 1.39. The monoisotopic (exact) mass is 249 g/mol. The highest BCUT2D eigenvalue weighted by Gasteiger charge is 2.14. The fourth-order valence-corrected chi connectivity index (χ4v) is 2.02. The standard InChI is InChI=1S/C16H27NO/c1-6-14(5)18-11-16(17-7-2)15-10-12(3)8-9-13(15)4/h8-10,14,16-17H,6-7,11H2,1-5H3. The molecule has 0 spiro atoms. The van der Waals surface area contributed by atoms with E-state index in [1.54, 1.807) is 0 Å². The number of ether oxygens (including phenoxy) is 1. The van der Waals surface area contributed by atoms with Crippen molar-refractivity contribution in [1.82, 2.24) is 5.32 Å². The summed E-state index contributed by atoms with van der Waals surface area (Å²) in [7, 11) is 0. The third-order valence-electron chi connectivity index (χ3n) is 3.38. The highest BCUT2D eigenvalue weighted by molar-refractivity contribution is 5.33. The van der Waals surface area contributed by atoms with Crippen LogP contribution in [0.1, 0.15) is 49.9 Å². The molecule has 0 fully saturated rings.